The molecule has 176 valence electrons. The number of hydrogen-bond donors (Lipinski definition) is 1. The molecule has 34 heavy (non-hydrogen) atoms. The summed E-state index contributed by atoms with van der Waals surface area (Å²) in [6.07, 6.45) is 0.00966. The first-order chi connectivity index (χ1) is 16.5. The van der Waals surface area contributed by atoms with Gasteiger partial charge in [0.05, 0.1) is 17.4 Å². The topological polar surface area (TPSA) is 81.7 Å². The minimum Gasteiger partial charge on any atom is -0.457 e. The predicted octanol–water partition coefficient (Wildman–Crippen LogP) is 5.02. The van der Waals surface area contributed by atoms with Crippen molar-refractivity contribution in [1.29, 1.82) is 0 Å². The largest absolute Gasteiger partial charge is 0.457 e. The average Bonchev–Trinajstić information content (AvgIpc) is 3.71. The molecule has 2 aliphatic rings. The zero-order valence-electron chi connectivity index (χ0n) is 18.6. The molecule has 3 aromatic rings. The molecule has 5 rings (SSSR count). The molecule has 0 spiro atoms. The summed E-state index contributed by atoms with van der Waals surface area (Å²) in [5.41, 5.74) is 2.49. The molecular weight excluding hydrogens is 450 g/mol. The number of para-hydroxylation sites is 1. The van der Waals surface area contributed by atoms with Crippen molar-refractivity contribution in [1.82, 2.24) is 0 Å². The molecule has 1 aliphatic heterocycles. The van der Waals surface area contributed by atoms with Crippen LogP contribution in [0.5, 0.6) is 0 Å². The summed E-state index contributed by atoms with van der Waals surface area (Å²) in [5, 5.41) is 2.95. The lowest BCUT2D eigenvalue weighted by molar-refractivity contribution is -0.169. The van der Waals surface area contributed by atoms with Gasteiger partial charge in [0, 0.05) is 12.1 Å². The van der Waals surface area contributed by atoms with E-state index in [9.17, 15) is 13.2 Å². The first-order valence-electron chi connectivity index (χ1n) is 11.6. The number of carbonyl (C=O) groups is 1. The van der Waals surface area contributed by atoms with E-state index in [2.05, 4.69) is 5.32 Å². The first-order valence-corrected chi connectivity index (χ1v) is 13.0. The maximum absolute atomic E-state index is 13.5. The second-order valence-corrected chi connectivity index (χ2v) is 10.7. The van der Waals surface area contributed by atoms with Crippen molar-refractivity contribution in [3.05, 3.63) is 102 Å². The Bertz CT molecular complexity index is 1210. The van der Waals surface area contributed by atoms with E-state index in [1.807, 2.05) is 91.0 Å². The Morgan fingerprint density at radius 2 is 1.44 bits per heavy atom. The van der Waals surface area contributed by atoms with Crippen LogP contribution in [0.4, 0.5) is 5.69 Å². The first kappa shape index (κ1) is 22.6. The van der Waals surface area contributed by atoms with Crippen molar-refractivity contribution in [3.63, 3.8) is 0 Å². The number of ether oxygens (including phenoxy) is 1. The number of anilines is 1. The minimum absolute atomic E-state index is 0.256. The van der Waals surface area contributed by atoms with Gasteiger partial charge in [-0.05, 0) is 36.1 Å². The summed E-state index contributed by atoms with van der Waals surface area (Å²) in [6.45, 7) is 0. The molecule has 0 radical (unpaired) electrons. The van der Waals surface area contributed by atoms with E-state index in [1.54, 1.807) is 0 Å². The Morgan fingerprint density at radius 1 is 0.853 bits per heavy atom. The van der Waals surface area contributed by atoms with E-state index in [-0.39, 0.29) is 6.42 Å². The number of hydrogen-bond acceptors (Lipinski definition) is 6. The number of cyclic esters (lactones) is 1. The van der Waals surface area contributed by atoms with Gasteiger partial charge in [-0.25, -0.2) is 0 Å². The van der Waals surface area contributed by atoms with Crippen molar-refractivity contribution in [2.24, 2.45) is 5.92 Å². The number of rotatable bonds is 8. The molecular formula is C27H27NO5S. The molecule has 2 fully saturated rings. The molecule has 6 nitrogen and oxygen atoms in total. The van der Waals surface area contributed by atoms with E-state index in [0.29, 0.717) is 12.8 Å². The molecule has 0 bridgehead atoms. The highest BCUT2D eigenvalue weighted by Gasteiger charge is 2.49. The van der Waals surface area contributed by atoms with E-state index < -0.39 is 45.5 Å². The molecule has 1 heterocycles. The van der Waals surface area contributed by atoms with Crippen LogP contribution in [0.25, 0.3) is 0 Å². The van der Waals surface area contributed by atoms with Gasteiger partial charge in [-0.3, -0.25) is 8.98 Å². The van der Waals surface area contributed by atoms with E-state index >= 15 is 0 Å². The molecule has 1 N–H and O–H groups in total. The van der Waals surface area contributed by atoms with Crippen molar-refractivity contribution >= 4 is 21.8 Å². The van der Waals surface area contributed by atoms with Crippen LogP contribution in [0, 0.1) is 5.92 Å². The summed E-state index contributed by atoms with van der Waals surface area (Å²) in [4.78, 5) is 13.5. The SMILES string of the molecule is O=C1OC(c2ccccc2)CC(OS(=O)(=O)C2CC2)C1C(Nc1ccccc1)c1ccccc1. The van der Waals surface area contributed by atoms with Crippen LogP contribution in [-0.4, -0.2) is 25.7 Å². The molecule has 1 aliphatic carbocycles. The Balaban J connectivity index is 1.52. The number of nitrogens with one attached hydrogen (secondary N) is 1. The molecule has 4 atom stereocenters. The van der Waals surface area contributed by atoms with Gasteiger partial charge in [-0.15, -0.1) is 0 Å². The van der Waals surface area contributed by atoms with Crippen LogP contribution in [-0.2, 0) is 23.8 Å². The van der Waals surface area contributed by atoms with Crippen molar-refractivity contribution in [2.45, 2.75) is 42.8 Å². The fourth-order valence-corrected chi connectivity index (χ4v) is 5.87. The quantitative estimate of drug-likeness (QED) is 0.362. The third-order valence-corrected chi connectivity index (χ3v) is 8.16. The van der Waals surface area contributed by atoms with E-state index in [4.69, 9.17) is 8.92 Å². The predicted molar refractivity (Wildman–Crippen MR) is 129 cm³/mol. The second kappa shape index (κ2) is 9.60. The lowest BCUT2D eigenvalue weighted by Crippen LogP contribution is -2.46. The Hall–Kier alpha value is -3.16. The fraction of sp³-hybridized carbons (Fsp3) is 0.296. The molecule has 1 saturated carbocycles. The average molecular weight is 478 g/mol. The molecule has 0 aromatic heterocycles. The molecule has 1 saturated heterocycles. The summed E-state index contributed by atoms with van der Waals surface area (Å²) in [7, 11) is -3.77. The maximum atomic E-state index is 13.5. The van der Waals surface area contributed by atoms with Gasteiger partial charge in [-0.2, -0.15) is 8.42 Å². The van der Waals surface area contributed by atoms with Gasteiger partial charge in [0.2, 0.25) is 0 Å². The zero-order chi connectivity index (χ0) is 23.5. The van der Waals surface area contributed by atoms with Gasteiger partial charge in [0.1, 0.15) is 12.0 Å². The van der Waals surface area contributed by atoms with Crippen LogP contribution in [0.15, 0.2) is 91.0 Å². The van der Waals surface area contributed by atoms with Crippen molar-refractivity contribution in [2.75, 3.05) is 5.32 Å². The Labute approximate surface area is 200 Å². The molecule has 3 aromatic carbocycles. The van der Waals surface area contributed by atoms with Crippen LogP contribution < -0.4 is 5.32 Å². The molecule has 0 amide bonds. The van der Waals surface area contributed by atoms with Gasteiger partial charge >= 0.3 is 5.97 Å². The smallest absolute Gasteiger partial charge is 0.314 e. The summed E-state index contributed by atoms with van der Waals surface area (Å²) >= 11 is 0. The number of benzene rings is 3. The van der Waals surface area contributed by atoms with Crippen molar-refractivity contribution in [3.8, 4) is 0 Å². The van der Waals surface area contributed by atoms with Gasteiger partial charge in [0.25, 0.3) is 10.1 Å². The summed E-state index contributed by atoms with van der Waals surface area (Å²) < 4.78 is 37.5. The fourth-order valence-electron chi connectivity index (χ4n) is 4.46. The van der Waals surface area contributed by atoms with Crippen molar-refractivity contribution < 1.29 is 22.1 Å². The van der Waals surface area contributed by atoms with Gasteiger partial charge in [0.15, 0.2) is 0 Å². The minimum atomic E-state index is -3.77. The van der Waals surface area contributed by atoms with E-state index in [0.717, 1.165) is 16.8 Å². The van der Waals surface area contributed by atoms with Crippen LogP contribution in [0.2, 0.25) is 0 Å². The van der Waals surface area contributed by atoms with E-state index in [1.165, 1.54) is 0 Å². The highest BCUT2D eigenvalue weighted by molar-refractivity contribution is 7.87. The normalized spacial score (nSPS) is 23.6. The lowest BCUT2D eigenvalue weighted by Gasteiger charge is -2.39. The van der Waals surface area contributed by atoms with Crippen LogP contribution in [0.1, 0.15) is 42.5 Å². The summed E-state index contributed by atoms with van der Waals surface area (Å²) in [5.74, 6) is -1.33. The standard InChI is InChI=1S/C27H27NO5S/c29-27-25(26(20-12-6-2-7-13-20)28-21-14-8-3-9-15-21)24(33-34(30,31)22-16-17-22)18-23(32-27)19-10-4-1-5-11-19/h1-15,22-26,28H,16-18H2. The number of carbonyl (C=O) groups excluding carboxylic acids is 1. The maximum Gasteiger partial charge on any atom is 0.314 e. The van der Waals surface area contributed by atoms with Gasteiger partial charge < -0.3 is 10.1 Å². The van der Waals surface area contributed by atoms with Gasteiger partial charge in [-0.1, -0.05) is 78.9 Å². The monoisotopic (exact) mass is 477 g/mol. The summed E-state index contributed by atoms with van der Waals surface area (Å²) in [6, 6.07) is 27.9. The third-order valence-electron chi connectivity index (χ3n) is 6.35. The van der Waals surface area contributed by atoms with Crippen LogP contribution >= 0.6 is 0 Å². The Morgan fingerprint density at radius 3 is 2.06 bits per heavy atom. The third kappa shape index (κ3) is 5.00. The highest BCUT2D eigenvalue weighted by atomic mass is 32.2. The Kier molecular flexibility index (Phi) is 6.39. The number of esters is 1. The molecule has 7 heteroatoms. The van der Waals surface area contributed by atoms with Crippen LogP contribution in [0.3, 0.4) is 0 Å². The molecule has 4 unspecified atom stereocenters. The highest BCUT2D eigenvalue weighted by Crippen LogP contribution is 2.42. The second-order valence-electron chi connectivity index (χ2n) is 8.82. The lowest BCUT2D eigenvalue weighted by atomic mass is 9.83. The zero-order valence-corrected chi connectivity index (χ0v) is 19.4.